The molecule has 0 radical (unpaired) electrons. The van der Waals surface area contributed by atoms with Crippen molar-refractivity contribution in [3.8, 4) is 0 Å². The van der Waals surface area contributed by atoms with Gasteiger partial charge in [-0.05, 0) is 74.7 Å². The number of anilines is 3. The summed E-state index contributed by atoms with van der Waals surface area (Å²) in [7, 11) is 0. The molecule has 0 atom stereocenters. The monoisotopic (exact) mass is 507 g/mol. The van der Waals surface area contributed by atoms with Crippen molar-refractivity contribution in [2.45, 2.75) is 27.7 Å². The average Bonchev–Trinajstić information content (AvgIpc) is 3.00. The summed E-state index contributed by atoms with van der Waals surface area (Å²) in [6.07, 6.45) is 0. The number of aryl methyl sites for hydroxylation is 4. The summed E-state index contributed by atoms with van der Waals surface area (Å²) < 4.78 is 0. The molecule has 0 bridgehead atoms. The molecule has 0 aromatic heterocycles. The number of hydrogen-bond donors (Lipinski definition) is 2. The second-order valence-electron chi connectivity index (χ2n) is 8.50. The predicted octanol–water partition coefficient (Wildman–Crippen LogP) is 6.26. The Hall–Kier alpha value is -3.61. The van der Waals surface area contributed by atoms with Crippen LogP contribution < -0.4 is 15.5 Å². The maximum atomic E-state index is 13.1. The van der Waals surface area contributed by atoms with Gasteiger partial charge in [-0.15, -0.1) is 0 Å². The van der Waals surface area contributed by atoms with Crippen LogP contribution in [0.15, 0.2) is 65.3 Å². The highest BCUT2D eigenvalue weighted by Gasteiger charge is 2.39. The van der Waals surface area contributed by atoms with E-state index < -0.39 is 11.8 Å². The third-order valence-corrected chi connectivity index (χ3v) is 6.35. The molecule has 178 valence electrons. The molecule has 4 rings (SSSR count). The molecule has 3 aromatic rings. The van der Waals surface area contributed by atoms with Crippen molar-refractivity contribution in [2.75, 3.05) is 15.5 Å². The van der Waals surface area contributed by atoms with Crippen molar-refractivity contribution < 1.29 is 14.4 Å². The number of rotatable bonds is 5. The van der Waals surface area contributed by atoms with Crippen LogP contribution in [0, 0.1) is 27.7 Å². The molecular formula is C27H23Cl2N3O3. The van der Waals surface area contributed by atoms with Gasteiger partial charge in [-0.1, -0.05) is 53.0 Å². The van der Waals surface area contributed by atoms with Crippen LogP contribution in [-0.4, -0.2) is 17.7 Å². The Kier molecular flexibility index (Phi) is 6.70. The van der Waals surface area contributed by atoms with Crippen molar-refractivity contribution >= 4 is 58.0 Å². The molecule has 3 aromatic carbocycles. The number of nitrogens with one attached hydrogen (secondary N) is 2. The fourth-order valence-electron chi connectivity index (χ4n) is 4.06. The molecular weight excluding hydrogens is 485 g/mol. The second kappa shape index (κ2) is 9.56. The summed E-state index contributed by atoms with van der Waals surface area (Å²) in [5, 5.41) is 6.08. The molecule has 1 aliphatic rings. The summed E-state index contributed by atoms with van der Waals surface area (Å²) in [5.74, 6) is -1.56. The molecule has 0 saturated carbocycles. The summed E-state index contributed by atoms with van der Waals surface area (Å²) >= 11 is 12.3. The molecule has 0 spiro atoms. The highest BCUT2D eigenvalue weighted by molar-refractivity contribution is 6.53. The van der Waals surface area contributed by atoms with Crippen LogP contribution in [0.3, 0.4) is 0 Å². The summed E-state index contributed by atoms with van der Waals surface area (Å²) in [6, 6.07) is 15.5. The molecule has 8 heteroatoms. The minimum Gasteiger partial charge on any atom is -0.349 e. The molecule has 0 fully saturated rings. The van der Waals surface area contributed by atoms with E-state index in [4.69, 9.17) is 23.2 Å². The molecule has 0 saturated heterocycles. The zero-order valence-corrected chi connectivity index (χ0v) is 21.1. The van der Waals surface area contributed by atoms with E-state index in [-0.39, 0.29) is 16.6 Å². The SMILES string of the molecule is Cc1cc(C)c(NC(=O)c2ccc(C)c(NC3=C(Cl)C(=O)N(c4cccc(Cl)c4)C3=O)c2)c(C)c1. The Morgan fingerprint density at radius 1 is 0.829 bits per heavy atom. The maximum absolute atomic E-state index is 13.1. The Balaban J connectivity index is 1.60. The quantitative estimate of drug-likeness (QED) is 0.399. The van der Waals surface area contributed by atoms with Crippen molar-refractivity contribution in [1.29, 1.82) is 0 Å². The lowest BCUT2D eigenvalue weighted by molar-refractivity contribution is -0.120. The van der Waals surface area contributed by atoms with Gasteiger partial charge in [0.05, 0.1) is 5.69 Å². The third-order valence-electron chi connectivity index (χ3n) is 5.77. The van der Waals surface area contributed by atoms with E-state index in [2.05, 4.69) is 10.6 Å². The van der Waals surface area contributed by atoms with E-state index in [1.54, 1.807) is 36.4 Å². The molecule has 2 N–H and O–H groups in total. The number of amides is 3. The van der Waals surface area contributed by atoms with Crippen LogP contribution in [0.5, 0.6) is 0 Å². The average molecular weight is 508 g/mol. The fraction of sp³-hybridized carbons (Fsp3) is 0.148. The van der Waals surface area contributed by atoms with E-state index in [0.717, 1.165) is 32.8 Å². The Bertz CT molecular complexity index is 1410. The Morgan fingerprint density at radius 3 is 2.17 bits per heavy atom. The maximum Gasteiger partial charge on any atom is 0.283 e. The van der Waals surface area contributed by atoms with Crippen molar-refractivity contribution in [2.24, 2.45) is 0 Å². The third kappa shape index (κ3) is 4.81. The van der Waals surface area contributed by atoms with Gasteiger partial charge in [0.2, 0.25) is 0 Å². The number of imide groups is 1. The molecule has 0 unspecified atom stereocenters. The van der Waals surface area contributed by atoms with Crippen LogP contribution in [-0.2, 0) is 9.59 Å². The summed E-state index contributed by atoms with van der Waals surface area (Å²) in [5.41, 5.74) is 5.70. The molecule has 6 nitrogen and oxygen atoms in total. The fourth-order valence-corrected chi connectivity index (χ4v) is 4.45. The van der Waals surface area contributed by atoms with E-state index in [0.29, 0.717) is 22.0 Å². The first kappa shape index (κ1) is 24.5. The van der Waals surface area contributed by atoms with Gasteiger partial charge in [-0.25, -0.2) is 4.90 Å². The zero-order valence-electron chi connectivity index (χ0n) is 19.6. The van der Waals surface area contributed by atoms with Crippen LogP contribution in [0.4, 0.5) is 17.1 Å². The highest BCUT2D eigenvalue weighted by atomic mass is 35.5. The van der Waals surface area contributed by atoms with Gasteiger partial charge in [0.15, 0.2) is 0 Å². The lowest BCUT2D eigenvalue weighted by Gasteiger charge is -2.16. The minimum atomic E-state index is -0.654. The first-order valence-corrected chi connectivity index (χ1v) is 11.6. The normalized spacial score (nSPS) is 13.5. The van der Waals surface area contributed by atoms with Gasteiger partial charge in [0.1, 0.15) is 10.7 Å². The largest absolute Gasteiger partial charge is 0.349 e. The molecule has 35 heavy (non-hydrogen) atoms. The zero-order chi connectivity index (χ0) is 25.4. The molecule has 3 amide bonds. The number of benzene rings is 3. The van der Waals surface area contributed by atoms with E-state index in [1.165, 1.54) is 6.07 Å². The molecule has 1 heterocycles. The van der Waals surface area contributed by atoms with Gasteiger partial charge < -0.3 is 10.6 Å². The Morgan fingerprint density at radius 2 is 1.51 bits per heavy atom. The Labute approximate surface area is 213 Å². The van der Waals surface area contributed by atoms with Crippen molar-refractivity contribution in [3.63, 3.8) is 0 Å². The van der Waals surface area contributed by atoms with Crippen molar-refractivity contribution in [3.05, 3.63) is 98.2 Å². The minimum absolute atomic E-state index is 0.0671. The molecule has 0 aliphatic carbocycles. The van der Waals surface area contributed by atoms with Crippen LogP contribution in [0.2, 0.25) is 5.02 Å². The van der Waals surface area contributed by atoms with Gasteiger partial charge in [-0.3, -0.25) is 14.4 Å². The lowest BCUT2D eigenvalue weighted by atomic mass is 10.0. The molecule has 1 aliphatic heterocycles. The van der Waals surface area contributed by atoms with Crippen LogP contribution in [0.25, 0.3) is 0 Å². The van der Waals surface area contributed by atoms with E-state index in [1.807, 2.05) is 39.8 Å². The van der Waals surface area contributed by atoms with Gasteiger partial charge in [0, 0.05) is 22.0 Å². The lowest BCUT2D eigenvalue weighted by Crippen LogP contribution is -2.32. The first-order chi connectivity index (χ1) is 16.6. The van der Waals surface area contributed by atoms with E-state index >= 15 is 0 Å². The smallest absolute Gasteiger partial charge is 0.283 e. The summed E-state index contributed by atoms with van der Waals surface area (Å²) in [6.45, 7) is 7.72. The van der Waals surface area contributed by atoms with E-state index in [9.17, 15) is 14.4 Å². The van der Waals surface area contributed by atoms with Gasteiger partial charge in [-0.2, -0.15) is 0 Å². The number of carbonyl (C=O) groups excluding carboxylic acids is 3. The number of nitrogens with zero attached hydrogens (tertiary/aromatic N) is 1. The van der Waals surface area contributed by atoms with Crippen molar-refractivity contribution in [1.82, 2.24) is 0 Å². The topological polar surface area (TPSA) is 78.5 Å². The number of halogens is 2. The second-order valence-corrected chi connectivity index (χ2v) is 9.31. The highest BCUT2D eigenvalue weighted by Crippen LogP contribution is 2.32. The standard InChI is InChI=1S/C27H23Cl2N3O3/c1-14-10-16(3)23(17(4)11-14)31-25(33)18-9-8-15(2)21(12-18)30-24-22(29)26(34)32(27(24)35)20-7-5-6-19(28)13-20/h5-13,30H,1-4H3,(H,31,33). The van der Waals surface area contributed by atoms with Crippen LogP contribution in [0.1, 0.15) is 32.6 Å². The predicted molar refractivity (Wildman–Crippen MR) is 140 cm³/mol. The number of carbonyl (C=O) groups is 3. The van der Waals surface area contributed by atoms with Gasteiger partial charge in [0.25, 0.3) is 17.7 Å². The summed E-state index contributed by atoms with van der Waals surface area (Å²) in [4.78, 5) is 39.8. The number of hydrogen-bond acceptors (Lipinski definition) is 4. The van der Waals surface area contributed by atoms with Crippen LogP contribution >= 0.6 is 23.2 Å². The van der Waals surface area contributed by atoms with Gasteiger partial charge >= 0.3 is 0 Å². The first-order valence-electron chi connectivity index (χ1n) is 10.9.